The molecule has 0 unspecified atom stereocenters. The van der Waals surface area contributed by atoms with Gasteiger partial charge in [0.2, 0.25) is 15.9 Å². The zero-order chi connectivity index (χ0) is 26.3. The maximum absolute atomic E-state index is 13.2. The monoisotopic (exact) mass is 521 g/mol. The lowest BCUT2D eigenvalue weighted by Gasteiger charge is -2.19. The van der Waals surface area contributed by atoms with Gasteiger partial charge in [0.1, 0.15) is 11.9 Å². The molecule has 0 saturated heterocycles. The number of sulfonamides is 1. The number of aromatic nitrogens is 2. The largest absolute Gasteiger partial charge is 0.340 e. The predicted molar refractivity (Wildman–Crippen MR) is 135 cm³/mol. The summed E-state index contributed by atoms with van der Waals surface area (Å²) in [5, 5.41) is 11.9. The van der Waals surface area contributed by atoms with Gasteiger partial charge in [-0.15, -0.1) is 0 Å². The minimum absolute atomic E-state index is 0.0236. The van der Waals surface area contributed by atoms with Crippen molar-refractivity contribution in [2.75, 3.05) is 5.32 Å². The molecule has 0 aliphatic heterocycles. The molecule has 4 N–H and O–H groups in total. The van der Waals surface area contributed by atoms with Crippen LogP contribution in [0.5, 0.6) is 0 Å². The Morgan fingerprint density at radius 1 is 0.919 bits per heavy atom. The Hall–Kier alpha value is -4.35. The number of amides is 2. The van der Waals surface area contributed by atoms with Crippen LogP contribution in [0.2, 0.25) is 0 Å². The van der Waals surface area contributed by atoms with Crippen molar-refractivity contribution in [1.82, 2.24) is 20.2 Å². The molecule has 9 nitrogen and oxygen atoms in total. The van der Waals surface area contributed by atoms with Gasteiger partial charge in [-0.05, 0) is 60.2 Å². The summed E-state index contributed by atoms with van der Waals surface area (Å²) in [5.41, 5.74) is 2.00. The van der Waals surface area contributed by atoms with Crippen molar-refractivity contribution in [2.24, 2.45) is 0 Å². The summed E-state index contributed by atoms with van der Waals surface area (Å²) in [6.45, 7) is 0.0513. The number of halogens is 1. The summed E-state index contributed by atoms with van der Waals surface area (Å²) in [4.78, 5) is 25.9. The van der Waals surface area contributed by atoms with Crippen LogP contribution >= 0.6 is 0 Å². The first-order valence-corrected chi connectivity index (χ1v) is 12.8. The molecule has 0 fully saturated rings. The highest BCUT2D eigenvalue weighted by molar-refractivity contribution is 7.89. The van der Waals surface area contributed by atoms with Crippen LogP contribution in [0.1, 0.15) is 21.6 Å². The minimum atomic E-state index is -3.78. The molecule has 37 heavy (non-hydrogen) atoms. The van der Waals surface area contributed by atoms with Crippen LogP contribution in [0, 0.1) is 5.82 Å². The molecule has 0 radical (unpaired) electrons. The second-order valence-corrected chi connectivity index (χ2v) is 9.91. The quantitative estimate of drug-likeness (QED) is 0.255. The van der Waals surface area contributed by atoms with Gasteiger partial charge < -0.3 is 10.6 Å². The number of hydrogen-bond acceptors (Lipinski definition) is 5. The van der Waals surface area contributed by atoms with Crippen LogP contribution in [-0.2, 0) is 27.8 Å². The van der Waals surface area contributed by atoms with Crippen LogP contribution in [0.3, 0.4) is 0 Å². The van der Waals surface area contributed by atoms with Crippen LogP contribution < -0.4 is 15.4 Å². The lowest BCUT2D eigenvalue weighted by atomic mass is 10.0. The zero-order valence-corrected chi connectivity index (χ0v) is 20.3. The third kappa shape index (κ3) is 7.09. The standard InChI is InChI=1S/C26H24FN5O4S/c27-20-8-6-19(7-9-20)25(33)31-24(16-18-4-2-1-3-5-18)26(34)30-21-10-12-23(13-11-21)37(35,36)29-17-22-14-15-28-32-22/h1-15,24,29H,16-17H2,(H,28,32)(H,30,34)(H,31,33)/t24-/m0/s1. The number of anilines is 1. The number of hydrogen-bond donors (Lipinski definition) is 4. The second kappa shape index (κ2) is 11.6. The van der Waals surface area contributed by atoms with Crippen LogP contribution in [-0.4, -0.2) is 36.5 Å². The predicted octanol–water partition coefficient (Wildman–Crippen LogP) is 3.01. The van der Waals surface area contributed by atoms with Crippen molar-refractivity contribution < 1.29 is 22.4 Å². The first kappa shape index (κ1) is 25.7. The first-order chi connectivity index (χ1) is 17.8. The molecule has 0 spiro atoms. The highest BCUT2D eigenvalue weighted by Gasteiger charge is 2.23. The summed E-state index contributed by atoms with van der Waals surface area (Å²) < 4.78 is 40.8. The number of H-pyrrole nitrogens is 1. The van der Waals surface area contributed by atoms with Crippen molar-refractivity contribution in [3.05, 3.63) is 114 Å². The highest BCUT2D eigenvalue weighted by atomic mass is 32.2. The Morgan fingerprint density at radius 2 is 1.62 bits per heavy atom. The van der Waals surface area contributed by atoms with E-state index >= 15 is 0 Å². The number of rotatable bonds is 10. The van der Waals surface area contributed by atoms with Crippen molar-refractivity contribution >= 4 is 27.5 Å². The van der Waals surface area contributed by atoms with Gasteiger partial charge in [-0.2, -0.15) is 5.10 Å². The maximum Gasteiger partial charge on any atom is 0.251 e. The molecule has 0 saturated carbocycles. The van der Waals surface area contributed by atoms with Gasteiger partial charge in [-0.3, -0.25) is 14.7 Å². The first-order valence-electron chi connectivity index (χ1n) is 11.3. The molecule has 190 valence electrons. The fourth-order valence-corrected chi connectivity index (χ4v) is 4.49. The SMILES string of the molecule is O=C(N[C@@H](Cc1ccccc1)C(=O)Nc1ccc(S(=O)(=O)NCc2ccn[nH]2)cc1)c1ccc(F)cc1. The third-order valence-corrected chi connectivity index (χ3v) is 6.87. The van der Waals surface area contributed by atoms with Gasteiger partial charge in [0.05, 0.1) is 17.1 Å². The van der Waals surface area contributed by atoms with E-state index in [2.05, 4.69) is 25.6 Å². The zero-order valence-electron chi connectivity index (χ0n) is 19.5. The maximum atomic E-state index is 13.2. The van der Waals surface area contributed by atoms with E-state index < -0.39 is 33.7 Å². The molecular weight excluding hydrogens is 497 g/mol. The molecule has 4 rings (SSSR count). The van der Waals surface area contributed by atoms with E-state index in [4.69, 9.17) is 0 Å². The van der Waals surface area contributed by atoms with E-state index in [1.165, 1.54) is 54.7 Å². The molecule has 1 aromatic heterocycles. The van der Waals surface area contributed by atoms with Crippen molar-refractivity contribution in [3.8, 4) is 0 Å². The smallest absolute Gasteiger partial charge is 0.251 e. The van der Waals surface area contributed by atoms with Gasteiger partial charge in [0.15, 0.2) is 0 Å². The van der Waals surface area contributed by atoms with Gasteiger partial charge >= 0.3 is 0 Å². The Morgan fingerprint density at radius 3 is 2.27 bits per heavy atom. The van der Waals surface area contributed by atoms with Crippen LogP contribution in [0.25, 0.3) is 0 Å². The summed E-state index contributed by atoms with van der Waals surface area (Å²) >= 11 is 0. The number of benzene rings is 3. The fraction of sp³-hybridized carbons (Fsp3) is 0.115. The molecule has 2 amide bonds. The number of carbonyl (C=O) groups excluding carboxylic acids is 2. The fourth-order valence-electron chi connectivity index (χ4n) is 3.49. The molecule has 3 aromatic carbocycles. The van der Waals surface area contributed by atoms with E-state index in [1.54, 1.807) is 6.07 Å². The van der Waals surface area contributed by atoms with Crippen molar-refractivity contribution in [2.45, 2.75) is 23.9 Å². The third-order valence-electron chi connectivity index (χ3n) is 5.45. The molecule has 4 aromatic rings. The molecule has 1 heterocycles. The second-order valence-electron chi connectivity index (χ2n) is 8.14. The van der Waals surface area contributed by atoms with E-state index in [1.807, 2.05) is 30.3 Å². The number of nitrogens with one attached hydrogen (secondary N) is 4. The molecule has 1 atom stereocenters. The van der Waals surface area contributed by atoms with Crippen LogP contribution in [0.4, 0.5) is 10.1 Å². The normalized spacial score (nSPS) is 12.0. The van der Waals surface area contributed by atoms with Crippen molar-refractivity contribution in [1.29, 1.82) is 0 Å². The number of carbonyl (C=O) groups is 2. The van der Waals surface area contributed by atoms with Gasteiger partial charge in [-0.1, -0.05) is 30.3 Å². The van der Waals surface area contributed by atoms with Gasteiger partial charge in [-0.25, -0.2) is 17.5 Å². The minimum Gasteiger partial charge on any atom is -0.340 e. The number of aromatic amines is 1. The molecule has 0 aliphatic carbocycles. The van der Waals surface area contributed by atoms with E-state index in [-0.39, 0.29) is 23.4 Å². The van der Waals surface area contributed by atoms with Crippen LogP contribution in [0.15, 0.2) is 96.0 Å². The average Bonchev–Trinajstić information content (AvgIpc) is 3.42. The average molecular weight is 522 g/mol. The van der Waals surface area contributed by atoms with Crippen molar-refractivity contribution in [3.63, 3.8) is 0 Å². The summed E-state index contributed by atoms with van der Waals surface area (Å²) in [5.74, 6) is -1.50. The summed E-state index contributed by atoms with van der Waals surface area (Å²) in [6.07, 6.45) is 1.73. The van der Waals surface area contributed by atoms with Gasteiger partial charge in [0.25, 0.3) is 5.91 Å². The van der Waals surface area contributed by atoms with Gasteiger partial charge in [0, 0.05) is 23.9 Å². The van der Waals surface area contributed by atoms with E-state index in [9.17, 15) is 22.4 Å². The Labute approximate surface area is 213 Å². The lowest BCUT2D eigenvalue weighted by molar-refractivity contribution is -0.118. The van der Waals surface area contributed by atoms with E-state index in [0.717, 1.165) is 5.56 Å². The molecule has 0 aliphatic rings. The molecule has 0 bridgehead atoms. The summed E-state index contributed by atoms with van der Waals surface area (Å²) in [7, 11) is -3.78. The molecule has 11 heteroatoms. The summed E-state index contributed by atoms with van der Waals surface area (Å²) in [6, 6.07) is 20.5. The Bertz CT molecular complexity index is 1440. The lowest BCUT2D eigenvalue weighted by Crippen LogP contribution is -2.45. The Kier molecular flexibility index (Phi) is 8.06. The highest BCUT2D eigenvalue weighted by Crippen LogP contribution is 2.16. The topological polar surface area (TPSA) is 133 Å². The Balaban J connectivity index is 1.45. The molecular formula is C26H24FN5O4S. The number of nitrogens with zero attached hydrogens (tertiary/aromatic N) is 1. The van der Waals surface area contributed by atoms with E-state index in [0.29, 0.717) is 11.4 Å².